The Bertz CT molecular complexity index is 689. The highest BCUT2D eigenvalue weighted by molar-refractivity contribution is 6.30. The average Bonchev–Trinajstić information content (AvgIpc) is 2.41. The number of anilines is 1. The van der Waals surface area contributed by atoms with Crippen molar-refractivity contribution >= 4 is 23.2 Å². The van der Waals surface area contributed by atoms with Crippen molar-refractivity contribution in [1.29, 1.82) is 5.26 Å². The number of rotatable bonds is 3. The minimum atomic E-state index is -0.134. The zero-order chi connectivity index (χ0) is 14.5. The van der Waals surface area contributed by atoms with Crippen molar-refractivity contribution in [3.05, 3.63) is 64.2 Å². The molecule has 0 fully saturated rings. The van der Waals surface area contributed by atoms with Crippen LogP contribution in [0.25, 0.3) is 0 Å². The number of nitriles is 1. The molecule has 0 aliphatic carbocycles. The van der Waals surface area contributed by atoms with Gasteiger partial charge < -0.3 is 5.32 Å². The van der Waals surface area contributed by atoms with Crippen LogP contribution in [0.2, 0.25) is 5.02 Å². The van der Waals surface area contributed by atoms with E-state index in [0.717, 1.165) is 11.1 Å². The fourth-order valence-electron chi connectivity index (χ4n) is 1.85. The van der Waals surface area contributed by atoms with Crippen molar-refractivity contribution in [3.8, 4) is 6.07 Å². The summed E-state index contributed by atoms with van der Waals surface area (Å²) in [5.41, 5.74) is 2.96. The number of halogens is 1. The third-order valence-corrected chi connectivity index (χ3v) is 3.13. The number of benzene rings is 2. The first-order chi connectivity index (χ1) is 9.58. The monoisotopic (exact) mass is 284 g/mol. The van der Waals surface area contributed by atoms with E-state index in [2.05, 4.69) is 11.4 Å². The summed E-state index contributed by atoms with van der Waals surface area (Å²) in [5.74, 6) is -0.134. The number of nitrogens with one attached hydrogen (secondary N) is 1. The lowest BCUT2D eigenvalue weighted by molar-refractivity contribution is -0.115. The summed E-state index contributed by atoms with van der Waals surface area (Å²) in [6.07, 6.45) is 0.247. The lowest BCUT2D eigenvalue weighted by Gasteiger charge is -2.09. The number of aryl methyl sites for hydroxylation is 1. The summed E-state index contributed by atoms with van der Waals surface area (Å²) < 4.78 is 0. The fraction of sp³-hybridized carbons (Fsp3) is 0.125. The van der Waals surface area contributed by atoms with Crippen LogP contribution in [0.3, 0.4) is 0 Å². The minimum Gasteiger partial charge on any atom is -0.326 e. The Hall–Kier alpha value is -2.31. The smallest absolute Gasteiger partial charge is 0.228 e. The molecule has 100 valence electrons. The van der Waals surface area contributed by atoms with Gasteiger partial charge in [0.25, 0.3) is 0 Å². The number of hydrogen-bond acceptors (Lipinski definition) is 2. The summed E-state index contributed by atoms with van der Waals surface area (Å²) >= 11 is 5.89. The number of carbonyl (C=O) groups is 1. The van der Waals surface area contributed by atoms with Crippen LogP contribution < -0.4 is 5.32 Å². The summed E-state index contributed by atoms with van der Waals surface area (Å²) in [5, 5.41) is 12.3. The van der Waals surface area contributed by atoms with Crippen molar-refractivity contribution < 1.29 is 4.79 Å². The molecule has 0 saturated heterocycles. The van der Waals surface area contributed by atoms with E-state index in [9.17, 15) is 4.79 Å². The molecule has 1 N–H and O–H groups in total. The topological polar surface area (TPSA) is 52.9 Å². The molecule has 0 bridgehead atoms. The highest BCUT2D eigenvalue weighted by Gasteiger charge is 2.07. The zero-order valence-electron chi connectivity index (χ0n) is 11.0. The summed E-state index contributed by atoms with van der Waals surface area (Å²) in [6, 6.07) is 14.5. The van der Waals surface area contributed by atoms with Gasteiger partial charge in [-0.05, 0) is 42.3 Å². The second-order valence-electron chi connectivity index (χ2n) is 4.50. The predicted octanol–water partition coefficient (Wildman–Crippen LogP) is 3.70. The average molecular weight is 285 g/mol. The third-order valence-electron chi connectivity index (χ3n) is 2.89. The van der Waals surface area contributed by atoms with Gasteiger partial charge in [0, 0.05) is 10.7 Å². The predicted molar refractivity (Wildman–Crippen MR) is 79.7 cm³/mol. The van der Waals surface area contributed by atoms with Crippen LogP contribution in [0.5, 0.6) is 0 Å². The fourth-order valence-corrected chi connectivity index (χ4v) is 2.07. The molecule has 0 unspecified atom stereocenters. The van der Waals surface area contributed by atoms with Crippen LogP contribution in [0, 0.1) is 18.3 Å². The van der Waals surface area contributed by atoms with Crippen molar-refractivity contribution in [2.45, 2.75) is 13.3 Å². The molecule has 1 amide bonds. The van der Waals surface area contributed by atoms with Gasteiger partial charge in [0.1, 0.15) is 0 Å². The highest BCUT2D eigenvalue weighted by atomic mass is 35.5. The van der Waals surface area contributed by atoms with E-state index in [1.165, 1.54) is 0 Å². The van der Waals surface area contributed by atoms with Gasteiger partial charge in [0.05, 0.1) is 18.1 Å². The van der Waals surface area contributed by atoms with E-state index >= 15 is 0 Å². The molecule has 0 spiro atoms. The van der Waals surface area contributed by atoms with Crippen molar-refractivity contribution in [2.24, 2.45) is 0 Å². The summed E-state index contributed by atoms with van der Waals surface area (Å²) in [7, 11) is 0. The summed E-state index contributed by atoms with van der Waals surface area (Å²) in [4.78, 5) is 12.0. The molecule has 20 heavy (non-hydrogen) atoms. The number of nitrogens with zero attached hydrogens (tertiary/aromatic N) is 1. The van der Waals surface area contributed by atoms with Gasteiger partial charge >= 0.3 is 0 Å². The molecule has 0 aromatic heterocycles. The molecule has 0 aliphatic rings. The normalized spacial score (nSPS) is 9.85. The van der Waals surface area contributed by atoms with Crippen molar-refractivity contribution in [1.82, 2.24) is 0 Å². The molecule has 2 aromatic rings. The van der Waals surface area contributed by atoms with Crippen LogP contribution in [-0.4, -0.2) is 5.91 Å². The molecular weight excluding hydrogens is 272 g/mol. The Morgan fingerprint density at radius 1 is 1.30 bits per heavy atom. The largest absolute Gasteiger partial charge is 0.326 e. The molecule has 3 nitrogen and oxygen atoms in total. The summed E-state index contributed by atoms with van der Waals surface area (Å²) in [6.45, 7) is 1.89. The van der Waals surface area contributed by atoms with Gasteiger partial charge in [0.2, 0.25) is 5.91 Å². The van der Waals surface area contributed by atoms with E-state index in [4.69, 9.17) is 16.9 Å². The lowest BCUT2D eigenvalue weighted by Crippen LogP contribution is -2.15. The molecule has 0 atom stereocenters. The lowest BCUT2D eigenvalue weighted by atomic mass is 10.1. The third kappa shape index (κ3) is 3.59. The van der Waals surface area contributed by atoms with Gasteiger partial charge in [-0.1, -0.05) is 29.8 Å². The van der Waals surface area contributed by atoms with Gasteiger partial charge in [0.15, 0.2) is 0 Å². The number of amides is 1. The Labute approximate surface area is 122 Å². The molecule has 4 heteroatoms. The second kappa shape index (κ2) is 6.23. The Kier molecular flexibility index (Phi) is 4.39. The van der Waals surface area contributed by atoms with E-state index in [0.29, 0.717) is 16.3 Å². The van der Waals surface area contributed by atoms with Crippen LogP contribution in [-0.2, 0) is 11.2 Å². The quantitative estimate of drug-likeness (QED) is 0.934. The first-order valence-corrected chi connectivity index (χ1v) is 6.51. The molecule has 0 heterocycles. The highest BCUT2D eigenvalue weighted by Crippen LogP contribution is 2.17. The maximum absolute atomic E-state index is 12.0. The van der Waals surface area contributed by atoms with Crippen LogP contribution in [0.15, 0.2) is 42.5 Å². The molecule has 0 saturated carbocycles. The van der Waals surface area contributed by atoms with Crippen molar-refractivity contribution in [3.63, 3.8) is 0 Å². The molecule has 2 aromatic carbocycles. The SMILES string of the molecule is Cc1ccc(C#N)cc1NC(=O)Cc1cccc(Cl)c1. The van der Waals surface area contributed by atoms with Crippen molar-refractivity contribution in [2.75, 3.05) is 5.32 Å². The maximum Gasteiger partial charge on any atom is 0.228 e. The van der Waals surface area contributed by atoms with Gasteiger partial charge in [-0.2, -0.15) is 5.26 Å². The van der Waals surface area contributed by atoms with Crippen LogP contribution in [0.1, 0.15) is 16.7 Å². The standard InChI is InChI=1S/C16H13ClN2O/c1-11-5-6-13(10-18)8-15(11)19-16(20)9-12-3-2-4-14(17)7-12/h2-8H,9H2,1H3,(H,19,20). The van der Waals surface area contributed by atoms with Crippen LogP contribution in [0.4, 0.5) is 5.69 Å². The second-order valence-corrected chi connectivity index (χ2v) is 4.93. The molecule has 0 radical (unpaired) electrons. The van der Waals surface area contributed by atoms with E-state index in [1.54, 1.807) is 24.3 Å². The Morgan fingerprint density at radius 2 is 2.10 bits per heavy atom. The van der Waals surface area contributed by atoms with Gasteiger partial charge in [-0.3, -0.25) is 4.79 Å². The molecule has 0 aliphatic heterocycles. The van der Waals surface area contributed by atoms with E-state index in [1.807, 2.05) is 25.1 Å². The van der Waals surface area contributed by atoms with E-state index in [-0.39, 0.29) is 12.3 Å². The Morgan fingerprint density at radius 3 is 2.80 bits per heavy atom. The number of carbonyl (C=O) groups excluding carboxylic acids is 1. The molecule has 2 rings (SSSR count). The van der Waals surface area contributed by atoms with Gasteiger partial charge in [-0.25, -0.2) is 0 Å². The van der Waals surface area contributed by atoms with E-state index < -0.39 is 0 Å². The van der Waals surface area contributed by atoms with Gasteiger partial charge in [-0.15, -0.1) is 0 Å². The Balaban J connectivity index is 2.10. The zero-order valence-corrected chi connectivity index (χ0v) is 11.7. The maximum atomic E-state index is 12.0. The molecular formula is C16H13ClN2O. The minimum absolute atomic E-state index is 0.134. The first kappa shape index (κ1) is 14.1. The number of hydrogen-bond donors (Lipinski definition) is 1. The van der Waals surface area contributed by atoms with Crippen LogP contribution >= 0.6 is 11.6 Å². The first-order valence-electron chi connectivity index (χ1n) is 6.13.